The van der Waals surface area contributed by atoms with Gasteiger partial charge in [0.05, 0.1) is 5.56 Å². The molecule has 0 aliphatic carbocycles. The van der Waals surface area contributed by atoms with Crippen LogP contribution in [0.25, 0.3) is 11.1 Å². The van der Waals surface area contributed by atoms with Crippen LogP contribution in [-0.4, -0.2) is 86.2 Å². The Bertz CT molecular complexity index is 1700. The first-order valence-corrected chi connectivity index (χ1v) is 14.8. The van der Waals surface area contributed by atoms with Crippen LogP contribution in [0.3, 0.4) is 0 Å². The number of benzene rings is 2. The quantitative estimate of drug-likeness (QED) is 0.427. The van der Waals surface area contributed by atoms with Gasteiger partial charge in [-0.15, -0.1) is 0 Å². The second-order valence-electron chi connectivity index (χ2n) is 11.5. The number of carboxylic acid groups (broad SMARTS) is 1. The number of carbonyl (C=O) groups excluding carboxylic acids is 2. The topological polar surface area (TPSA) is 137 Å². The van der Waals surface area contributed by atoms with E-state index in [-0.39, 0.29) is 43.2 Å². The van der Waals surface area contributed by atoms with Crippen molar-refractivity contribution in [1.82, 2.24) is 23.8 Å². The zero-order valence-electron chi connectivity index (χ0n) is 25.3. The number of aromatic nitrogens is 2. The van der Waals surface area contributed by atoms with Crippen LogP contribution in [-0.2, 0) is 24.3 Å². The maximum Gasteiger partial charge on any atom is 0.407 e. The number of aryl methyl sites for hydroxylation is 1. The molecule has 12 heteroatoms. The zero-order chi connectivity index (χ0) is 31.5. The molecule has 4 amide bonds. The minimum atomic E-state index is -1.18. The van der Waals surface area contributed by atoms with E-state index in [0.717, 1.165) is 38.3 Å². The van der Waals surface area contributed by atoms with Crippen LogP contribution in [0.4, 0.5) is 15.3 Å². The van der Waals surface area contributed by atoms with Gasteiger partial charge in [0.2, 0.25) is 5.91 Å². The first-order valence-electron chi connectivity index (χ1n) is 14.8. The molecule has 232 valence electrons. The number of hydrogen-bond donors (Lipinski definition) is 2. The summed E-state index contributed by atoms with van der Waals surface area (Å²) < 4.78 is 2.25. The Morgan fingerprint density at radius 3 is 2.43 bits per heavy atom. The summed E-state index contributed by atoms with van der Waals surface area (Å²) in [5, 5.41) is 12.3. The van der Waals surface area contributed by atoms with E-state index in [9.17, 15) is 29.1 Å². The zero-order valence-corrected chi connectivity index (χ0v) is 25.3. The second kappa shape index (κ2) is 12.8. The first kappa shape index (κ1) is 30.6. The second-order valence-corrected chi connectivity index (χ2v) is 11.5. The molecule has 0 saturated carbocycles. The Morgan fingerprint density at radius 1 is 0.977 bits per heavy atom. The van der Waals surface area contributed by atoms with Gasteiger partial charge in [-0.05, 0) is 61.4 Å². The molecule has 0 unspecified atom stereocenters. The summed E-state index contributed by atoms with van der Waals surface area (Å²) in [5.74, 6) is -0.266. The highest BCUT2D eigenvalue weighted by Gasteiger charge is 2.31. The average molecular weight is 603 g/mol. The average Bonchev–Trinajstić information content (AvgIpc) is 3.18. The number of amides is 4. The molecule has 2 aromatic carbocycles. The van der Waals surface area contributed by atoms with E-state index in [2.05, 4.69) is 5.32 Å². The Morgan fingerprint density at radius 2 is 1.70 bits per heavy atom. The van der Waals surface area contributed by atoms with Crippen molar-refractivity contribution >= 4 is 23.7 Å². The molecule has 2 aliphatic rings. The fraction of sp³-hybridized carbons (Fsp3) is 0.406. The number of hydrogen-bond acceptors (Lipinski definition) is 5. The number of carbonyl (C=O) groups is 3. The fourth-order valence-electron chi connectivity index (χ4n) is 5.95. The molecular weight excluding hydrogens is 564 g/mol. The molecule has 0 radical (unpaired) electrons. The number of nitrogens with zero attached hydrogens (tertiary/aromatic N) is 5. The smallest absolute Gasteiger partial charge is 0.407 e. The van der Waals surface area contributed by atoms with Crippen LogP contribution < -0.4 is 16.6 Å². The summed E-state index contributed by atoms with van der Waals surface area (Å²) >= 11 is 0. The van der Waals surface area contributed by atoms with Crippen LogP contribution in [0, 0.1) is 13.8 Å². The van der Waals surface area contributed by atoms with Gasteiger partial charge in [-0.3, -0.25) is 18.7 Å². The van der Waals surface area contributed by atoms with E-state index in [1.54, 1.807) is 11.0 Å². The third-order valence-corrected chi connectivity index (χ3v) is 8.82. The highest BCUT2D eigenvalue weighted by Crippen LogP contribution is 2.25. The predicted octanol–water partition coefficient (Wildman–Crippen LogP) is 2.98. The molecule has 3 heterocycles. The van der Waals surface area contributed by atoms with E-state index in [1.807, 2.05) is 55.1 Å². The molecule has 1 saturated heterocycles. The van der Waals surface area contributed by atoms with Crippen molar-refractivity contribution in [3.05, 3.63) is 86.2 Å². The van der Waals surface area contributed by atoms with Gasteiger partial charge in [-0.25, -0.2) is 14.4 Å². The molecule has 0 atom stereocenters. The van der Waals surface area contributed by atoms with Crippen molar-refractivity contribution in [2.24, 2.45) is 0 Å². The van der Waals surface area contributed by atoms with Crippen LogP contribution in [0.2, 0.25) is 0 Å². The summed E-state index contributed by atoms with van der Waals surface area (Å²) in [6.07, 6.45) is 2.23. The van der Waals surface area contributed by atoms with Gasteiger partial charge in [-0.1, -0.05) is 36.4 Å². The van der Waals surface area contributed by atoms with Gasteiger partial charge in [0.15, 0.2) is 0 Å². The lowest BCUT2D eigenvalue weighted by Crippen LogP contribution is -2.51. The number of fused-ring (bicyclic) bond motifs is 1. The first-order chi connectivity index (χ1) is 21.0. The molecule has 2 aliphatic heterocycles. The Kier molecular flexibility index (Phi) is 8.88. The molecule has 5 rings (SSSR count). The van der Waals surface area contributed by atoms with E-state index in [0.29, 0.717) is 38.0 Å². The molecule has 3 aromatic rings. The number of para-hydroxylation sites is 1. The minimum absolute atomic E-state index is 0.0138. The van der Waals surface area contributed by atoms with Gasteiger partial charge in [0.1, 0.15) is 6.54 Å². The van der Waals surface area contributed by atoms with Crippen molar-refractivity contribution in [1.29, 1.82) is 0 Å². The van der Waals surface area contributed by atoms with Crippen LogP contribution in [0.5, 0.6) is 0 Å². The Balaban J connectivity index is 1.34. The summed E-state index contributed by atoms with van der Waals surface area (Å²) in [6, 6.07) is 13.2. The third kappa shape index (κ3) is 6.24. The van der Waals surface area contributed by atoms with Gasteiger partial charge >= 0.3 is 17.8 Å². The maximum absolute atomic E-state index is 13.5. The SMILES string of the molecule is Cc1cccc(-c2cn(CC(=O)N3CCC(N4CCc5ccccc5NC4=O)CC3)c(=O)n(CCN(C)C(=O)O)c2=O)c1C. The van der Waals surface area contributed by atoms with E-state index >= 15 is 0 Å². The lowest BCUT2D eigenvalue weighted by atomic mass is 9.99. The maximum atomic E-state index is 13.5. The van der Waals surface area contributed by atoms with Gasteiger partial charge in [0.25, 0.3) is 5.56 Å². The molecule has 1 fully saturated rings. The summed E-state index contributed by atoms with van der Waals surface area (Å²) in [6.45, 7) is 4.78. The highest BCUT2D eigenvalue weighted by atomic mass is 16.4. The molecule has 0 bridgehead atoms. The van der Waals surface area contributed by atoms with Crippen molar-refractivity contribution < 1.29 is 19.5 Å². The molecule has 12 nitrogen and oxygen atoms in total. The molecule has 0 spiro atoms. The standard InChI is InChI=1S/C32H38N6O6/c1-21-7-6-9-25(22(21)2)26-19-36(31(42)38(29(26)40)18-17-34(3)32(43)44)20-28(39)35-14-12-24(13-15-35)37-16-11-23-8-4-5-10-27(23)33-30(37)41/h4-10,19,24H,11-18,20H2,1-3H3,(H,33,41)(H,43,44). The fourth-order valence-corrected chi connectivity index (χ4v) is 5.95. The Labute approximate surface area is 255 Å². The lowest BCUT2D eigenvalue weighted by molar-refractivity contribution is -0.133. The van der Waals surface area contributed by atoms with Crippen LogP contribution in [0.1, 0.15) is 29.5 Å². The predicted molar refractivity (Wildman–Crippen MR) is 166 cm³/mol. The summed E-state index contributed by atoms with van der Waals surface area (Å²) in [7, 11) is 1.36. The third-order valence-electron chi connectivity index (χ3n) is 8.82. The van der Waals surface area contributed by atoms with Gasteiger partial charge < -0.3 is 25.1 Å². The van der Waals surface area contributed by atoms with Crippen molar-refractivity contribution in [3.63, 3.8) is 0 Å². The lowest BCUT2D eigenvalue weighted by Gasteiger charge is -2.38. The normalized spacial score (nSPS) is 15.4. The number of likely N-dealkylation sites (tertiary alicyclic amines) is 1. The number of likely N-dealkylation sites (N-methyl/N-ethyl adjacent to an activating group) is 1. The number of nitrogens with one attached hydrogen (secondary N) is 1. The largest absolute Gasteiger partial charge is 0.465 e. The number of anilines is 1. The van der Waals surface area contributed by atoms with Crippen molar-refractivity contribution in [2.45, 2.75) is 52.2 Å². The molecule has 2 N–H and O–H groups in total. The van der Waals surface area contributed by atoms with Crippen molar-refractivity contribution in [3.8, 4) is 11.1 Å². The summed E-state index contributed by atoms with van der Waals surface area (Å²) in [4.78, 5) is 69.4. The van der Waals surface area contributed by atoms with Gasteiger partial charge in [-0.2, -0.15) is 0 Å². The van der Waals surface area contributed by atoms with E-state index in [1.165, 1.54) is 17.8 Å². The molecular formula is C32H38N6O6. The van der Waals surface area contributed by atoms with Crippen LogP contribution >= 0.6 is 0 Å². The molecule has 1 aromatic heterocycles. The number of rotatable bonds is 7. The van der Waals surface area contributed by atoms with Crippen LogP contribution in [0.15, 0.2) is 58.3 Å². The number of urea groups is 1. The van der Waals surface area contributed by atoms with E-state index in [4.69, 9.17) is 0 Å². The number of piperidine rings is 1. The van der Waals surface area contributed by atoms with E-state index < -0.39 is 17.3 Å². The molecule has 44 heavy (non-hydrogen) atoms. The monoisotopic (exact) mass is 602 g/mol. The van der Waals surface area contributed by atoms with Gasteiger partial charge in [0, 0.05) is 57.7 Å². The summed E-state index contributed by atoms with van der Waals surface area (Å²) in [5.41, 5.74) is 3.47. The highest BCUT2D eigenvalue weighted by molar-refractivity contribution is 5.91. The van der Waals surface area contributed by atoms with Crippen molar-refractivity contribution in [2.75, 3.05) is 38.5 Å². The minimum Gasteiger partial charge on any atom is -0.465 e. The Hall–Kier alpha value is -4.87.